The van der Waals surface area contributed by atoms with Crippen molar-refractivity contribution in [2.75, 3.05) is 32.7 Å². The number of para-hydroxylation sites is 1. The molecular formula is C16H21ClN4O4. The van der Waals surface area contributed by atoms with Gasteiger partial charge in [0.15, 0.2) is 0 Å². The van der Waals surface area contributed by atoms with E-state index in [-0.39, 0.29) is 41.5 Å². The van der Waals surface area contributed by atoms with Crippen molar-refractivity contribution in [2.24, 2.45) is 0 Å². The van der Waals surface area contributed by atoms with E-state index in [1.165, 1.54) is 12.1 Å². The molecule has 0 aromatic heterocycles. The van der Waals surface area contributed by atoms with Gasteiger partial charge in [-0.2, -0.15) is 0 Å². The van der Waals surface area contributed by atoms with E-state index in [1.54, 1.807) is 17.0 Å². The Bertz CT molecular complexity index is 669. The zero-order valence-electron chi connectivity index (χ0n) is 13.7. The largest absolute Gasteiger partial charge is 0.336 e. The number of nitro benzene ring substituents is 1. The van der Waals surface area contributed by atoms with E-state index in [0.29, 0.717) is 26.2 Å². The first-order valence-corrected chi connectivity index (χ1v) is 8.11. The maximum atomic E-state index is 12.7. The maximum absolute atomic E-state index is 12.7. The van der Waals surface area contributed by atoms with Crippen LogP contribution in [0.1, 0.15) is 23.2 Å². The second-order valence-electron chi connectivity index (χ2n) is 6.09. The third-order valence-electron chi connectivity index (χ3n) is 4.58. The van der Waals surface area contributed by atoms with Gasteiger partial charge in [0.25, 0.3) is 11.6 Å². The molecule has 136 valence electrons. The third-order valence-corrected chi connectivity index (χ3v) is 4.58. The molecule has 3 rings (SSSR count). The van der Waals surface area contributed by atoms with Crippen LogP contribution in [0.15, 0.2) is 24.3 Å². The second-order valence-corrected chi connectivity index (χ2v) is 6.09. The van der Waals surface area contributed by atoms with Crippen molar-refractivity contribution in [1.82, 2.24) is 15.1 Å². The molecular weight excluding hydrogens is 348 g/mol. The molecule has 1 unspecified atom stereocenters. The molecule has 1 N–H and O–H groups in total. The number of amides is 2. The van der Waals surface area contributed by atoms with Crippen LogP contribution in [-0.4, -0.2) is 65.3 Å². The van der Waals surface area contributed by atoms with Crippen LogP contribution < -0.4 is 5.32 Å². The van der Waals surface area contributed by atoms with Crippen LogP contribution in [0.5, 0.6) is 0 Å². The van der Waals surface area contributed by atoms with Crippen molar-refractivity contribution >= 4 is 29.9 Å². The number of carbonyl (C=O) groups is 2. The van der Waals surface area contributed by atoms with Crippen LogP contribution >= 0.6 is 12.4 Å². The highest BCUT2D eigenvalue weighted by molar-refractivity contribution is 5.98. The van der Waals surface area contributed by atoms with E-state index in [0.717, 1.165) is 19.4 Å². The molecule has 2 heterocycles. The number of hydrogen-bond donors (Lipinski definition) is 1. The van der Waals surface area contributed by atoms with Gasteiger partial charge in [-0.25, -0.2) is 0 Å². The van der Waals surface area contributed by atoms with Gasteiger partial charge in [-0.05, 0) is 18.9 Å². The minimum absolute atomic E-state index is 0. The van der Waals surface area contributed by atoms with Gasteiger partial charge in [0.2, 0.25) is 5.91 Å². The molecule has 2 fully saturated rings. The van der Waals surface area contributed by atoms with Crippen molar-refractivity contribution in [2.45, 2.75) is 18.9 Å². The lowest BCUT2D eigenvalue weighted by atomic mass is 10.0. The number of nitrogens with zero attached hydrogens (tertiary/aromatic N) is 3. The number of rotatable bonds is 3. The molecule has 2 amide bonds. The molecule has 2 saturated heterocycles. The first-order valence-electron chi connectivity index (χ1n) is 8.11. The molecule has 1 atom stereocenters. The Balaban J connectivity index is 0.00000225. The monoisotopic (exact) mass is 368 g/mol. The molecule has 1 aromatic carbocycles. The van der Waals surface area contributed by atoms with Gasteiger partial charge in [0, 0.05) is 38.3 Å². The summed E-state index contributed by atoms with van der Waals surface area (Å²) in [4.78, 5) is 38.9. The minimum Gasteiger partial charge on any atom is -0.336 e. The lowest BCUT2D eigenvalue weighted by molar-refractivity contribution is -0.385. The fourth-order valence-electron chi connectivity index (χ4n) is 3.38. The van der Waals surface area contributed by atoms with Crippen molar-refractivity contribution in [3.8, 4) is 0 Å². The molecule has 0 radical (unpaired) electrons. The molecule has 2 aliphatic rings. The lowest BCUT2D eigenvalue weighted by Crippen LogP contribution is -2.57. The first kappa shape index (κ1) is 19.1. The molecule has 0 aliphatic carbocycles. The molecule has 0 bridgehead atoms. The van der Waals surface area contributed by atoms with Crippen molar-refractivity contribution < 1.29 is 14.5 Å². The smallest absolute Gasteiger partial charge is 0.282 e. The molecule has 2 aliphatic heterocycles. The topological polar surface area (TPSA) is 95.8 Å². The Morgan fingerprint density at radius 2 is 2.04 bits per heavy atom. The Morgan fingerprint density at radius 3 is 2.76 bits per heavy atom. The summed E-state index contributed by atoms with van der Waals surface area (Å²) in [7, 11) is 0. The van der Waals surface area contributed by atoms with Gasteiger partial charge in [-0.15, -0.1) is 12.4 Å². The molecule has 9 heteroatoms. The van der Waals surface area contributed by atoms with Gasteiger partial charge >= 0.3 is 0 Å². The van der Waals surface area contributed by atoms with Gasteiger partial charge in [-0.1, -0.05) is 12.1 Å². The summed E-state index contributed by atoms with van der Waals surface area (Å²) in [5, 5.41) is 14.2. The third kappa shape index (κ3) is 4.08. The summed E-state index contributed by atoms with van der Waals surface area (Å²) >= 11 is 0. The summed E-state index contributed by atoms with van der Waals surface area (Å²) in [5.41, 5.74) is -0.0716. The predicted octanol–water partition coefficient (Wildman–Crippen LogP) is 1.05. The van der Waals surface area contributed by atoms with Gasteiger partial charge in [-0.3, -0.25) is 19.7 Å². The molecule has 25 heavy (non-hydrogen) atoms. The molecule has 0 saturated carbocycles. The van der Waals surface area contributed by atoms with Gasteiger partial charge in [0.05, 0.1) is 11.5 Å². The summed E-state index contributed by atoms with van der Waals surface area (Å²) in [6, 6.07) is 5.99. The standard InChI is InChI=1S/C16H20N4O4.ClH/c21-15-10-17-7-9-19(15)12-4-3-8-18(11-12)16(22)13-5-1-2-6-14(13)20(23)24;/h1-2,5-6,12,17H,3-4,7-11H2;1H. The normalized spacial score (nSPS) is 20.8. The SMILES string of the molecule is Cl.O=C(c1ccccc1[N+](=O)[O-])N1CCCC(N2CCNCC2=O)C1. The Labute approximate surface area is 151 Å². The minimum atomic E-state index is -0.533. The van der Waals surface area contributed by atoms with Crippen LogP contribution in [0.25, 0.3) is 0 Å². The van der Waals surface area contributed by atoms with E-state index in [4.69, 9.17) is 0 Å². The molecule has 1 aromatic rings. The van der Waals surface area contributed by atoms with Crippen LogP contribution in [0.2, 0.25) is 0 Å². The quantitative estimate of drug-likeness (QED) is 0.635. The van der Waals surface area contributed by atoms with Crippen LogP contribution in [0.3, 0.4) is 0 Å². The average Bonchev–Trinajstić information content (AvgIpc) is 2.61. The number of carbonyl (C=O) groups excluding carboxylic acids is 2. The zero-order chi connectivity index (χ0) is 17.1. The summed E-state index contributed by atoms with van der Waals surface area (Å²) in [6.07, 6.45) is 1.64. The highest BCUT2D eigenvalue weighted by Crippen LogP contribution is 2.23. The van der Waals surface area contributed by atoms with Gasteiger partial charge < -0.3 is 15.1 Å². The maximum Gasteiger partial charge on any atom is 0.282 e. The predicted molar refractivity (Wildman–Crippen MR) is 93.9 cm³/mol. The van der Waals surface area contributed by atoms with Crippen molar-refractivity contribution in [3.05, 3.63) is 39.9 Å². The van der Waals surface area contributed by atoms with Gasteiger partial charge in [0.1, 0.15) is 5.56 Å². The number of piperidine rings is 1. The zero-order valence-corrected chi connectivity index (χ0v) is 14.5. The Morgan fingerprint density at radius 1 is 1.28 bits per heavy atom. The summed E-state index contributed by atoms with van der Waals surface area (Å²) in [6.45, 7) is 2.70. The molecule has 0 spiro atoms. The van der Waals surface area contributed by atoms with Crippen molar-refractivity contribution in [1.29, 1.82) is 0 Å². The number of benzene rings is 1. The summed E-state index contributed by atoms with van der Waals surface area (Å²) in [5.74, 6) is -0.291. The summed E-state index contributed by atoms with van der Waals surface area (Å²) < 4.78 is 0. The highest BCUT2D eigenvalue weighted by Gasteiger charge is 2.33. The van der Waals surface area contributed by atoms with Crippen molar-refractivity contribution in [3.63, 3.8) is 0 Å². The second kappa shape index (κ2) is 8.26. The van der Waals surface area contributed by atoms with E-state index in [2.05, 4.69) is 5.32 Å². The number of nitro groups is 1. The van der Waals surface area contributed by atoms with Crippen LogP contribution in [-0.2, 0) is 4.79 Å². The number of likely N-dealkylation sites (tertiary alicyclic amines) is 1. The number of hydrogen-bond acceptors (Lipinski definition) is 5. The number of piperazine rings is 1. The van der Waals surface area contributed by atoms with E-state index in [1.807, 2.05) is 4.90 Å². The average molecular weight is 369 g/mol. The van der Waals surface area contributed by atoms with Crippen LogP contribution in [0.4, 0.5) is 5.69 Å². The van der Waals surface area contributed by atoms with E-state index < -0.39 is 4.92 Å². The number of halogens is 1. The Hall–Kier alpha value is -2.19. The fourth-order valence-corrected chi connectivity index (χ4v) is 3.38. The first-order chi connectivity index (χ1) is 11.6. The lowest BCUT2D eigenvalue weighted by Gasteiger charge is -2.41. The fraction of sp³-hybridized carbons (Fsp3) is 0.500. The molecule has 8 nitrogen and oxygen atoms in total. The highest BCUT2D eigenvalue weighted by atomic mass is 35.5. The van der Waals surface area contributed by atoms with Crippen LogP contribution in [0, 0.1) is 10.1 Å². The Kier molecular flexibility index (Phi) is 6.33. The number of nitrogens with one attached hydrogen (secondary N) is 1. The van der Waals surface area contributed by atoms with E-state index >= 15 is 0 Å². The van der Waals surface area contributed by atoms with E-state index in [9.17, 15) is 19.7 Å².